The molecule has 0 spiro atoms. The van der Waals surface area contributed by atoms with Crippen LogP contribution >= 0.6 is 0 Å². The Bertz CT molecular complexity index is 468. The summed E-state index contributed by atoms with van der Waals surface area (Å²) in [6, 6.07) is 17.4. The van der Waals surface area contributed by atoms with Crippen molar-refractivity contribution < 1.29 is 39.5 Å². The Labute approximate surface area is 123 Å². The molecule has 0 heterocycles. The Hall–Kier alpha value is -0.930. The molecule has 0 saturated carbocycles. The summed E-state index contributed by atoms with van der Waals surface area (Å²) in [6.45, 7) is 0. The zero-order chi connectivity index (χ0) is 11.4. The number of hydrogen-bond donors (Lipinski definition) is 0. The first-order valence-corrected chi connectivity index (χ1v) is 5.09. The third-order valence-electron chi connectivity index (χ3n) is 2.40. The van der Waals surface area contributed by atoms with Crippen LogP contribution in [0.3, 0.4) is 0 Å². The second-order valence-corrected chi connectivity index (χ2v) is 3.52. The Morgan fingerprint density at radius 3 is 1.88 bits per heavy atom. The molecule has 17 heavy (non-hydrogen) atoms. The summed E-state index contributed by atoms with van der Waals surface area (Å²) in [5, 5.41) is 11.9. The van der Waals surface area contributed by atoms with Crippen molar-refractivity contribution in [2.24, 2.45) is 0 Å². The number of carbonyl (C=O) groups is 1. The van der Waals surface area contributed by atoms with E-state index in [-0.39, 0.29) is 35.3 Å². The van der Waals surface area contributed by atoms with Crippen molar-refractivity contribution >= 4 is 5.78 Å². The fourth-order valence-corrected chi connectivity index (χ4v) is 1.53. The Kier molecular flexibility index (Phi) is 5.59. The van der Waals surface area contributed by atoms with E-state index in [1.165, 1.54) is 0 Å². The van der Waals surface area contributed by atoms with Crippen LogP contribution in [0.2, 0.25) is 0 Å². The van der Waals surface area contributed by atoms with E-state index in [1.807, 2.05) is 12.1 Å². The summed E-state index contributed by atoms with van der Waals surface area (Å²) >= 11 is 0. The molecule has 2 aromatic rings. The molecule has 0 radical (unpaired) electrons. The summed E-state index contributed by atoms with van der Waals surface area (Å²) < 4.78 is 0. The SMILES string of the molecule is O=C(c1ccccc1)C([O-])c1ccccc1.[Na+]. The van der Waals surface area contributed by atoms with Gasteiger partial charge in [-0.05, 0) is 6.10 Å². The van der Waals surface area contributed by atoms with Crippen molar-refractivity contribution in [3.63, 3.8) is 0 Å². The average Bonchev–Trinajstić information content (AvgIpc) is 2.39. The third kappa shape index (κ3) is 3.51. The van der Waals surface area contributed by atoms with E-state index in [4.69, 9.17) is 0 Å². The first-order chi connectivity index (χ1) is 7.79. The maximum absolute atomic E-state index is 11.9. The molecular formula is C14H11NaO2. The molecule has 0 bridgehead atoms. The molecule has 0 aliphatic heterocycles. The van der Waals surface area contributed by atoms with Gasteiger partial charge in [0.05, 0.1) is 0 Å². The van der Waals surface area contributed by atoms with Crippen LogP contribution in [-0.4, -0.2) is 5.78 Å². The van der Waals surface area contributed by atoms with Crippen LogP contribution in [-0.2, 0) is 0 Å². The van der Waals surface area contributed by atoms with Crippen molar-refractivity contribution in [1.82, 2.24) is 0 Å². The van der Waals surface area contributed by atoms with E-state index in [9.17, 15) is 9.90 Å². The van der Waals surface area contributed by atoms with E-state index in [0.717, 1.165) is 0 Å². The maximum atomic E-state index is 11.9. The number of Topliss-reactive ketones (excluding diaryl/α,β-unsaturated/α-hetero) is 1. The Balaban J connectivity index is 0.00000144. The molecule has 0 fully saturated rings. The van der Waals surface area contributed by atoms with Gasteiger partial charge in [0.15, 0.2) is 5.78 Å². The van der Waals surface area contributed by atoms with Gasteiger partial charge >= 0.3 is 29.6 Å². The molecular weight excluding hydrogens is 223 g/mol. The number of hydrogen-bond acceptors (Lipinski definition) is 2. The molecule has 3 heteroatoms. The summed E-state index contributed by atoms with van der Waals surface area (Å²) in [5.41, 5.74) is 0.975. The molecule has 1 atom stereocenters. The van der Waals surface area contributed by atoms with Crippen molar-refractivity contribution in [1.29, 1.82) is 0 Å². The Morgan fingerprint density at radius 1 is 0.882 bits per heavy atom. The van der Waals surface area contributed by atoms with E-state index >= 15 is 0 Å². The fourth-order valence-electron chi connectivity index (χ4n) is 1.53. The van der Waals surface area contributed by atoms with Gasteiger partial charge in [0, 0.05) is 5.56 Å². The molecule has 0 saturated heterocycles. The van der Waals surface area contributed by atoms with Gasteiger partial charge in [0.1, 0.15) is 0 Å². The largest absolute Gasteiger partial charge is 1.00 e. The molecule has 2 rings (SSSR count). The van der Waals surface area contributed by atoms with E-state index < -0.39 is 6.10 Å². The maximum Gasteiger partial charge on any atom is 1.00 e. The number of ketones is 1. The zero-order valence-electron chi connectivity index (χ0n) is 9.67. The molecule has 0 N–H and O–H groups in total. The van der Waals surface area contributed by atoms with E-state index in [0.29, 0.717) is 11.1 Å². The minimum atomic E-state index is -1.33. The Morgan fingerprint density at radius 2 is 1.35 bits per heavy atom. The van der Waals surface area contributed by atoms with Crippen molar-refractivity contribution in [2.75, 3.05) is 0 Å². The number of rotatable bonds is 3. The molecule has 0 aliphatic rings. The normalized spacial score (nSPS) is 11.4. The zero-order valence-corrected chi connectivity index (χ0v) is 11.7. The minimum absolute atomic E-state index is 0. The number of carbonyl (C=O) groups excluding carboxylic acids is 1. The monoisotopic (exact) mass is 234 g/mol. The van der Waals surface area contributed by atoms with Crippen molar-refractivity contribution in [2.45, 2.75) is 6.10 Å². The first-order valence-electron chi connectivity index (χ1n) is 5.09. The standard InChI is InChI=1S/C14H11O2.Na/c15-13(11-7-3-1-4-8-11)14(16)12-9-5-2-6-10-12;/h1-10,13H;/q-1;+1. The van der Waals surface area contributed by atoms with Crippen LogP contribution in [0.15, 0.2) is 60.7 Å². The van der Waals surface area contributed by atoms with Gasteiger partial charge in [0.2, 0.25) is 0 Å². The molecule has 0 aromatic heterocycles. The molecule has 0 amide bonds. The average molecular weight is 234 g/mol. The minimum Gasteiger partial charge on any atom is -0.843 e. The molecule has 80 valence electrons. The summed E-state index contributed by atoms with van der Waals surface area (Å²) in [5.74, 6) is -0.383. The van der Waals surface area contributed by atoms with Crippen LogP contribution < -0.4 is 34.7 Å². The number of benzene rings is 2. The van der Waals surface area contributed by atoms with Gasteiger partial charge in [-0.25, -0.2) is 0 Å². The van der Waals surface area contributed by atoms with Gasteiger partial charge in [-0.3, -0.25) is 4.79 Å². The van der Waals surface area contributed by atoms with Gasteiger partial charge in [-0.15, -0.1) is 0 Å². The van der Waals surface area contributed by atoms with Gasteiger partial charge in [0.25, 0.3) is 0 Å². The third-order valence-corrected chi connectivity index (χ3v) is 2.40. The van der Waals surface area contributed by atoms with Crippen molar-refractivity contribution in [3.05, 3.63) is 71.8 Å². The van der Waals surface area contributed by atoms with Gasteiger partial charge in [-0.1, -0.05) is 66.2 Å². The van der Waals surface area contributed by atoms with Crippen LogP contribution in [0.25, 0.3) is 0 Å². The summed E-state index contributed by atoms with van der Waals surface area (Å²) in [6.07, 6.45) is -1.33. The molecule has 1 unspecified atom stereocenters. The quantitative estimate of drug-likeness (QED) is 0.503. The predicted molar refractivity (Wildman–Crippen MR) is 60.0 cm³/mol. The molecule has 0 aliphatic carbocycles. The second-order valence-electron chi connectivity index (χ2n) is 3.52. The smallest absolute Gasteiger partial charge is 0.843 e. The van der Waals surface area contributed by atoms with Crippen LogP contribution in [0.4, 0.5) is 0 Å². The van der Waals surface area contributed by atoms with Crippen LogP contribution in [0, 0.1) is 0 Å². The summed E-state index contributed by atoms with van der Waals surface area (Å²) in [4.78, 5) is 11.8. The fraction of sp³-hybridized carbons (Fsp3) is 0.0714. The second kappa shape index (κ2) is 6.72. The van der Waals surface area contributed by atoms with E-state index in [1.54, 1.807) is 48.5 Å². The molecule has 2 nitrogen and oxygen atoms in total. The van der Waals surface area contributed by atoms with Crippen LogP contribution in [0.1, 0.15) is 22.0 Å². The van der Waals surface area contributed by atoms with Crippen molar-refractivity contribution in [3.8, 4) is 0 Å². The molecule has 2 aromatic carbocycles. The predicted octanol–water partition coefficient (Wildman–Crippen LogP) is -1.03. The first kappa shape index (κ1) is 14.1. The van der Waals surface area contributed by atoms with Gasteiger partial charge in [-0.2, -0.15) is 0 Å². The summed E-state index contributed by atoms with van der Waals surface area (Å²) in [7, 11) is 0. The van der Waals surface area contributed by atoms with Gasteiger partial charge < -0.3 is 5.11 Å². The van der Waals surface area contributed by atoms with E-state index in [2.05, 4.69) is 0 Å². The van der Waals surface area contributed by atoms with Crippen LogP contribution in [0.5, 0.6) is 0 Å². The topological polar surface area (TPSA) is 40.1 Å².